The topological polar surface area (TPSA) is 12.9 Å². The van der Waals surface area contributed by atoms with Crippen LogP contribution < -0.4 is 0 Å². The van der Waals surface area contributed by atoms with E-state index in [9.17, 15) is 13.2 Å². The lowest BCUT2D eigenvalue weighted by Crippen LogP contribution is -2.07. The molecular weight excluding hydrogens is 155 g/mol. The molecule has 1 heterocycles. The molecule has 0 fully saturated rings. The zero-order valence-electron chi connectivity index (χ0n) is 5.74. The summed E-state index contributed by atoms with van der Waals surface area (Å²) in [6, 6.07) is 3.17. The number of hydrogen-bond acceptors (Lipinski definition) is 1. The Hall–Kier alpha value is -1.06. The van der Waals surface area contributed by atoms with Crippen LogP contribution in [0.3, 0.4) is 0 Å². The average molecular weight is 160 g/mol. The fourth-order valence-corrected chi connectivity index (χ4v) is 0.716. The van der Waals surface area contributed by atoms with E-state index in [2.05, 4.69) is 11.1 Å². The summed E-state index contributed by atoms with van der Waals surface area (Å²) in [5.74, 6) is 0. The zero-order chi connectivity index (χ0) is 8.48. The number of pyridine rings is 1. The van der Waals surface area contributed by atoms with Crippen molar-refractivity contribution in [2.24, 2.45) is 0 Å². The third kappa shape index (κ3) is 1.69. The minimum Gasteiger partial charge on any atom is -0.260 e. The molecule has 0 spiro atoms. The van der Waals surface area contributed by atoms with Gasteiger partial charge in [-0.25, -0.2) is 0 Å². The van der Waals surface area contributed by atoms with E-state index in [1.54, 1.807) is 0 Å². The SMILES string of the molecule is Cc1nc[c]cc1C(F)(F)F. The maximum absolute atomic E-state index is 12.0. The van der Waals surface area contributed by atoms with Gasteiger partial charge in [-0.3, -0.25) is 4.98 Å². The van der Waals surface area contributed by atoms with E-state index in [1.165, 1.54) is 13.1 Å². The third-order valence-electron chi connectivity index (χ3n) is 1.26. The second kappa shape index (κ2) is 2.53. The minimum atomic E-state index is -4.31. The Balaban J connectivity index is 3.14. The standard InChI is InChI=1S/C7H5F3N/c1-5-6(7(8,9)10)3-2-4-11-5/h3-4H,1H3. The number of nitrogens with zero attached hydrogens (tertiary/aromatic N) is 1. The molecule has 1 aromatic heterocycles. The Morgan fingerprint density at radius 2 is 2.09 bits per heavy atom. The van der Waals surface area contributed by atoms with Gasteiger partial charge < -0.3 is 0 Å². The first kappa shape index (κ1) is 8.04. The first-order valence-electron chi connectivity index (χ1n) is 2.91. The van der Waals surface area contributed by atoms with Gasteiger partial charge in [0, 0.05) is 18.0 Å². The molecule has 0 aliphatic carbocycles. The van der Waals surface area contributed by atoms with Crippen molar-refractivity contribution in [2.45, 2.75) is 13.1 Å². The molecule has 0 aliphatic heterocycles. The summed E-state index contributed by atoms with van der Waals surface area (Å²) in [7, 11) is 0. The number of aromatic nitrogens is 1. The summed E-state index contributed by atoms with van der Waals surface area (Å²) in [6.07, 6.45) is -3.10. The maximum Gasteiger partial charge on any atom is 0.418 e. The molecule has 1 radical (unpaired) electrons. The predicted molar refractivity (Wildman–Crippen MR) is 32.8 cm³/mol. The van der Waals surface area contributed by atoms with Gasteiger partial charge in [0.1, 0.15) is 0 Å². The molecule has 0 aliphatic rings. The van der Waals surface area contributed by atoms with Gasteiger partial charge >= 0.3 is 6.18 Å². The van der Waals surface area contributed by atoms with Gasteiger partial charge in [-0.2, -0.15) is 13.2 Å². The van der Waals surface area contributed by atoms with E-state index in [-0.39, 0.29) is 5.69 Å². The van der Waals surface area contributed by atoms with Crippen molar-refractivity contribution in [3.8, 4) is 0 Å². The highest BCUT2D eigenvalue weighted by Crippen LogP contribution is 2.30. The van der Waals surface area contributed by atoms with Gasteiger partial charge in [0.15, 0.2) is 0 Å². The zero-order valence-corrected chi connectivity index (χ0v) is 5.74. The average Bonchev–Trinajstić information content (AvgIpc) is 1.86. The molecule has 0 unspecified atom stereocenters. The summed E-state index contributed by atoms with van der Waals surface area (Å²) in [4.78, 5) is 3.47. The van der Waals surface area contributed by atoms with Crippen molar-refractivity contribution in [1.29, 1.82) is 0 Å². The van der Waals surface area contributed by atoms with Gasteiger partial charge in [0.2, 0.25) is 0 Å². The molecule has 0 bridgehead atoms. The molecule has 0 N–H and O–H groups in total. The molecule has 4 heteroatoms. The van der Waals surface area contributed by atoms with E-state index in [0.717, 1.165) is 6.07 Å². The predicted octanol–water partition coefficient (Wildman–Crippen LogP) is 2.21. The first-order valence-corrected chi connectivity index (χ1v) is 2.91. The van der Waals surface area contributed by atoms with E-state index in [0.29, 0.717) is 0 Å². The van der Waals surface area contributed by atoms with Gasteiger partial charge in [-0.05, 0) is 13.0 Å². The van der Waals surface area contributed by atoms with Gasteiger partial charge in [0.05, 0.1) is 5.56 Å². The van der Waals surface area contributed by atoms with Crippen LogP contribution in [0.4, 0.5) is 13.2 Å². The molecule has 0 aromatic carbocycles. The minimum absolute atomic E-state index is 0.0174. The third-order valence-corrected chi connectivity index (χ3v) is 1.26. The Bertz CT molecular complexity index is 254. The first-order chi connectivity index (χ1) is 5.02. The highest BCUT2D eigenvalue weighted by molar-refractivity contribution is 5.20. The molecule has 0 saturated heterocycles. The summed E-state index contributed by atoms with van der Waals surface area (Å²) < 4.78 is 36.0. The van der Waals surface area contributed by atoms with Gasteiger partial charge in [-0.15, -0.1) is 0 Å². The summed E-state index contributed by atoms with van der Waals surface area (Å²) in [5.41, 5.74) is -0.740. The van der Waals surface area contributed by atoms with Crippen LogP contribution in [0.25, 0.3) is 0 Å². The van der Waals surface area contributed by atoms with Gasteiger partial charge in [-0.1, -0.05) is 0 Å². The van der Waals surface area contributed by atoms with Crippen molar-refractivity contribution in [3.63, 3.8) is 0 Å². The molecule has 0 amide bonds. The molecule has 1 nitrogen and oxygen atoms in total. The Kier molecular flexibility index (Phi) is 1.85. The molecule has 0 saturated carbocycles. The molecular formula is C7H5F3N. The van der Waals surface area contributed by atoms with Crippen LogP contribution in [-0.2, 0) is 6.18 Å². The lowest BCUT2D eigenvalue weighted by atomic mass is 10.2. The van der Waals surface area contributed by atoms with Crippen molar-refractivity contribution < 1.29 is 13.2 Å². The Morgan fingerprint density at radius 1 is 1.45 bits per heavy atom. The summed E-state index contributed by atoms with van der Waals surface area (Å²) >= 11 is 0. The second-order valence-corrected chi connectivity index (χ2v) is 2.07. The summed E-state index contributed by atoms with van der Waals surface area (Å²) in [5, 5.41) is 0. The Labute approximate surface area is 61.9 Å². The number of aryl methyl sites for hydroxylation is 1. The Morgan fingerprint density at radius 3 is 2.45 bits per heavy atom. The van der Waals surface area contributed by atoms with Crippen LogP contribution in [0.5, 0.6) is 0 Å². The van der Waals surface area contributed by atoms with Crippen LogP contribution in [0.15, 0.2) is 12.3 Å². The molecule has 0 atom stereocenters. The van der Waals surface area contributed by atoms with Crippen LogP contribution >= 0.6 is 0 Å². The van der Waals surface area contributed by atoms with Gasteiger partial charge in [0.25, 0.3) is 0 Å². The fourth-order valence-electron chi connectivity index (χ4n) is 0.716. The van der Waals surface area contributed by atoms with Crippen LogP contribution in [0.1, 0.15) is 11.3 Å². The normalized spacial score (nSPS) is 11.6. The molecule has 1 rings (SSSR count). The highest BCUT2D eigenvalue weighted by Gasteiger charge is 2.32. The van der Waals surface area contributed by atoms with E-state index in [4.69, 9.17) is 0 Å². The maximum atomic E-state index is 12.0. The van der Waals surface area contributed by atoms with Crippen LogP contribution in [-0.4, -0.2) is 4.98 Å². The van der Waals surface area contributed by atoms with Crippen molar-refractivity contribution >= 4 is 0 Å². The smallest absolute Gasteiger partial charge is 0.260 e. The number of hydrogen-bond donors (Lipinski definition) is 0. The van der Waals surface area contributed by atoms with Crippen LogP contribution in [0.2, 0.25) is 0 Å². The molecule has 59 valence electrons. The monoisotopic (exact) mass is 160 g/mol. The number of rotatable bonds is 0. The van der Waals surface area contributed by atoms with Crippen molar-refractivity contribution in [2.75, 3.05) is 0 Å². The number of alkyl halides is 3. The van der Waals surface area contributed by atoms with Crippen LogP contribution in [0, 0.1) is 13.0 Å². The van der Waals surface area contributed by atoms with E-state index in [1.807, 2.05) is 0 Å². The van der Waals surface area contributed by atoms with E-state index >= 15 is 0 Å². The largest absolute Gasteiger partial charge is 0.418 e. The molecule has 11 heavy (non-hydrogen) atoms. The highest BCUT2D eigenvalue weighted by atomic mass is 19.4. The number of halogens is 3. The quantitative estimate of drug-likeness (QED) is 0.567. The summed E-state index contributed by atoms with van der Waals surface area (Å²) in [6.45, 7) is 1.32. The fraction of sp³-hybridized carbons (Fsp3) is 0.286. The second-order valence-electron chi connectivity index (χ2n) is 2.07. The lowest BCUT2D eigenvalue weighted by Gasteiger charge is -2.07. The van der Waals surface area contributed by atoms with Crippen molar-refractivity contribution in [3.05, 3.63) is 29.6 Å². The molecule has 1 aromatic rings. The lowest BCUT2D eigenvalue weighted by molar-refractivity contribution is -0.138. The van der Waals surface area contributed by atoms with E-state index < -0.39 is 11.7 Å². The van der Waals surface area contributed by atoms with Crippen molar-refractivity contribution in [1.82, 2.24) is 4.98 Å².